The molecule has 0 amide bonds. The quantitative estimate of drug-likeness (QED) is 0.0125. The molecule has 0 radical (unpaired) electrons. The van der Waals surface area contributed by atoms with Crippen molar-refractivity contribution in [2.24, 2.45) is 0 Å². The summed E-state index contributed by atoms with van der Waals surface area (Å²) >= 11 is 0. The molecule has 4 aromatic heterocycles. The highest BCUT2D eigenvalue weighted by Gasteiger charge is 2.27. The molecule has 0 fully saturated rings. The Bertz CT molecular complexity index is 7030. The number of ether oxygens (including phenoxy) is 5. The van der Waals surface area contributed by atoms with Gasteiger partial charge in [0.15, 0.2) is 0 Å². The second-order valence-corrected chi connectivity index (χ2v) is 38.0. The third-order valence-corrected chi connectivity index (χ3v) is 26.0. The van der Waals surface area contributed by atoms with Crippen molar-refractivity contribution < 1.29 is 125 Å². The lowest BCUT2D eigenvalue weighted by atomic mass is 10.0. The van der Waals surface area contributed by atoms with Gasteiger partial charge in [0, 0.05) is 94.1 Å². The third kappa shape index (κ3) is 29.7. The van der Waals surface area contributed by atoms with Gasteiger partial charge in [-0.25, -0.2) is 19.2 Å². The van der Waals surface area contributed by atoms with Gasteiger partial charge in [0.25, 0.3) is 0 Å². The highest BCUT2D eigenvalue weighted by molar-refractivity contribution is 5.93. The summed E-state index contributed by atoms with van der Waals surface area (Å²) in [6.07, 6.45) is 15.1. The van der Waals surface area contributed by atoms with E-state index in [9.17, 15) is 101 Å². The van der Waals surface area contributed by atoms with E-state index < -0.39 is 48.3 Å². The minimum Gasteiger partial charge on any atom is -0.508 e. The number of aliphatic hydroxyl groups is 4. The van der Waals surface area contributed by atoms with Crippen LogP contribution in [0.5, 0.6) is 74.7 Å². The van der Waals surface area contributed by atoms with E-state index in [2.05, 4.69) is 27.7 Å². The lowest BCUT2D eigenvalue weighted by molar-refractivity contribution is 0.0256. The number of aromatic hydroxyl groups is 12. The molecule has 29 nitrogen and oxygen atoms in total. The molecule has 0 aliphatic heterocycles. The molecule has 0 saturated carbocycles. The van der Waals surface area contributed by atoms with Crippen LogP contribution in [-0.4, -0.2) is 182 Å². The first-order valence-corrected chi connectivity index (χ1v) is 50.2. The van der Waals surface area contributed by atoms with Crippen LogP contribution in [0.25, 0.3) is 43.6 Å². The van der Waals surface area contributed by atoms with Crippen molar-refractivity contribution in [1.29, 1.82) is 0 Å². The van der Waals surface area contributed by atoms with E-state index in [1.165, 1.54) is 7.11 Å². The zero-order chi connectivity index (χ0) is 107. The number of benzene rings is 12. The molecule has 0 aliphatic carbocycles. The molecular weight excluding hydrogens is 1900 g/mol. The fraction of sp³-hybridized carbons (Fsp3) is 0.300. The molecule has 4 atom stereocenters. The van der Waals surface area contributed by atoms with Crippen molar-refractivity contribution >= 4 is 67.5 Å². The molecule has 29 heteroatoms. The number of aliphatic hydroxyl groups excluding tert-OH is 4. The second-order valence-electron chi connectivity index (χ2n) is 38.0. The summed E-state index contributed by atoms with van der Waals surface area (Å²) in [5.74, 6) is -0.952. The molecule has 149 heavy (non-hydrogen) atoms. The predicted molar refractivity (Wildman–Crippen MR) is 571 cm³/mol. The molecule has 0 saturated heterocycles. The number of aromatic nitrogens is 4. The average Bonchev–Trinajstić information content (AvgIpc) is 1.66. The van der Waals surface area contributed by atoms with Crippen molar-refractivity contribution in [3.8, 4) is 74.7 Å². The number of aryl methyl sites for hydroxylation is 7. The van der Waals surface area contributed by atoms with Crippen LogP contribution < -0.4 is 4.74 Å². The Labute approximate surface area is 864 Å². The standard InChI is InChI=1S/C30H33NO7.3C30H33NO6/c1-3-4-5-19-12-28(34)26(29(35)13-19)17-31-16-21(25-15-22(32)8-11-27(25)31)14-23(33)18-38-30(36)20-6-9-24(37-2)10-7-20;2*1-3-4-7-20-12-28(34)26(29(35)13-20)17-31-16-22(25-15-23(32)9-10-27(25)31)14-24(33)18-37-30(36)21-8-5-6-19(2)11-21;1-3-4-5-20-12-28(34)26(29(35)13-20)17-31-16-22(25-15-23(32)10-11-27(25)31)14-24(33)18-37-30(36)21-8-6-19(2)7-9-21/h6-13,15-16,23,32-35H,3-5,14,17-18H2,1-2H3;2*5-6,8-13,15-16,24,32-35H,3-4,7,14,17-18H2,1-2H3;6-13,15-16,24,32-35H,3-5,14,17-18H2,1-2H3/t23-;3*24-/m0000/s1. The van der Waals surface area contributed by atoms with Crippen molar-refractivity contribution in [2.45, 2.75) is 202 Å². The number of phenolic OH excluding ortho intramolecular Hbond substituents is 12. The summed E-state index contributed by atoms with van der Waals surface area (Å²) < 4.78 is 33.7. The Morgan fingerprint density at radius 3 is 0.738 bits per heavy atom. The van der Waals surface area contributed by atoms with Crippen LogP contribution in [0.4, 0.5) is 0 Å². The summed E-state index contributed by atoms with van der Waals surface area (Å²) in [6, 6.07) is 60.8. The summed E-state index contributed by atoms with van der Waals surface area (Å²) in [5.41, 5.74) is 15.6. The summed E-state index contributed by atoms with van der Waals surface area (Å²) in [5, 5.41) is 171. The van der Waals surface area contributed by atoms with Crippen LogP contribution in [0.2, 0.25) is 0 Å². The van der Waals surface area contributed by atoms with Crippen molar-refractivity contribution in [3.05, 3.63) is 349 Å². The van der Waals surface area contributed by atoms with Crippen LogP contribution in [0.15, 0.2) is 243 Å². The zero-order valence-corrected chi connectivity index (χ0v) is 85.0. The van der Waals surface area contributed by atoms with Crippen molar-refractivity contribution in [1.82, 2.24) is 18.3 Å². The molecule has 16 rings (SSSR count). The van der Waals surface area contributed by atoms with Gasteiger partial charge in [-0.2, -0.15) is 0 Å². The minimum atomic E-state index is -0.988. The maximum atomic E-state index is 12.4. The molecule has 0 bridgehead atoms. The first-order chi connectivity index (χ1) is 71.5. The number of carbonyl (C=O) groups is 4. The van der Waals surface area contributed by atoms with Crippen LogP contribution >= 0.6 is 0 Å². The topological polar surface area (TPSA) is 458 Å². The van der Waals surface area contributed by atoms with E-state index >= 15 is 0 Å². The van der Waals surface area contributed by atoms with Gasteiger partial charge in [-0.15, -0.1) is 0 Å². The average molecular weight is 2030 g/mol. The number of carbonyl (C=O) groups excluding carboxylic acids is 4. The molecule has 4 heterocycles. The molecule has 12 aromatic carbocycles. The Hall–Kier alpha value is -16.1. The van der Waals surface area contributed by atoms with E-state index in [0.29, 0.717) is 55.6 Å². The first-order valence-electron chi connectivity index (χ1n) is 50.2. The second kappa shape index (κ2) is 51.8. The zero-order valence-electron chi connectivity index (χ0n) is 85.0. The van der Waals surface area contributed by atoms with Crippen molar-refractivity contribution in [3.63, 3.8) is 0 Å². The lowest BCUT2D eigenvalue weighted by Gasteiger charge is -2.12. The van der Waals surface area contributed by atoms with Crippen LogP contribution in [-0.2, 0) is 96.5 Å². The van der Waals surface area contributed by atoms with Gasteiger partial charge in [-0.1, -0.05) is 106 Å². The highest BCUT2D eigenvalue weighted by atomic mass is 16.6. The molecule has 0 spiro atoms. The predicted octanol–water partition coefficient (Wildman–Crippen LogP) is 20.6. The minimum absolute atomic E-state index is 0.0174. The number of hydrogen-bond donors (Lipinski definition) is 16. The normalized spacial score (nSPS) is 12.1. The van der Waals surface area contributed by atoms with Gasteiger partial charge in [-0.3, -0.25) is 0 Å². The maximum Gasteiger partial charge on any atom is 0.338 e. The Morgan fingerprint density at radius 1 is 0.275 bits per heavy atom. The number of unbranched alkanes of at least 4 members (excludes halogenated alkanes) is 4. The van der Waals surface area contributed by atoms with Gasteiger partial charge in [-0.05, 0) is 299 Å². The van der Waals surface area contributed by atoms with E-state index in [0.717, 1.165) is 176 Å². The largest absolute Gasteiger partial charge is 0.508 e. The fourth-order valence-electron chi connectivity index (χ4n) is 18.1. The van der Waals surface area contributed by atoms with E-state index in [1.807, 2.05) is 88.1 Å². The Kier molecular flexibility index (Phi) is 38.3. The van der Waals surface area contributed by atoms with Crippen LogP contribution in [0, 0.1) is 20.8 Å². The van der Waals surface area contributed by atoms with Gasteiger partial charge in [0.2, 0.25) is 0 Å². The molecule has 0 aliphatic rings. The number of nitrogens with zero attached hydrogens (tertiary/aromatic N) is 4. The molecule has 16 N–H and O–H groups in total. The first kappa shape index (κ1) is 110. The lowest BCUT2D eigenvalue weighted by Crippen LogP contribution is -2.21. The molecule has 16 aromatic rings. The fourth-order valence-corrected chi connectivity index (χ4v) is 18.1. The maximum absolute atomic E-state index is 12.4. The monoisotopic (exact) mass is 2030 g/mol. The van der Waals surface area contributed by atoms with Gasteiger partial charge < -0.3 is 124 Å². The summed E-state index contributed by atoms with van der Waals surface area (Å²) in [6.45, 7) is 14.1. The Balaban J connectivity index is 0.000000166. The van der Waals surface area contributed by atoms with E-state index in [-0.39, 0.29) is 147 Å². The number of rotatable bonds is 41. The smallest absolute Gasteiger partial charge is 0.338 e. The summed E-state index contributed by atoms with van der Waals surface area (Å²) in [4.78, 5) is 49.4. The SMILES string of the molecule is CCCCc1cc(O)c(Cn2cc(C[C@H](O)COC(=O)c3ccc(C)cc3)c3cc(O)ccc32)c(O)c1.CCCCc1cc(O)c(Cn2cc(C[C@H](O)COC(=O)c3ccc(OC)cc3)c3cc(O)ccc32)c(O)c1.CCCCc1cc(O)c(Cn2cc(C[C@H](O)COC(=O)c3cccc(C)c3)c3cc(O)ccc32)c(O)c1.CCCCc1cc(O)c(Cn2cc(C[C@H](O)COC(=O)c3cccc(C)c3)c3cc(O)ccc32)c(O)c1. The van der Waals surface area contributed by atoms with E-state index in [1.54, 1.807) is 194 Å². The van der Waals surface area contributed by atoms with E-state index in [4.69, 9.17) is 23.7 Å². The van der Waals surface area contributed by atoms with Crippen LogP contribution in [0.3, 0.4) is 0 Å². The van der Waals surface area contributed by atoms with Gasteiger partial charge >= 0.3 is 23.9 Å². The number of methoxy groups -OCH3 is 1. The van der Waals surface area contributed by atoms with Gasteiger partial charge in [0.1, 0.15) is 101 Å². The third-order valence-electron chi connectivity index (χ3n) is 26.0. The number of hydrogen-bond acceptors (Lipinski definition) is 25. The van der Waals surface area contributed by atoms with Gasteiger partial charge in [0.05, 0.1) is 102 Å². The number of phenols is 12. The number of fused-ring (bicyclic) bond motifs is 4. The Morgan fingerprint density at radius 2 is 0.510 bits per heavy atom. The van der Waals surface area contributed by atoms with Crippen molar-refractivity contribution in [2.75, 3.05) is 33.5 Å². The highest BCUT2D eigenvalue weighted by Crippen LogP contribution is 2.41. The molecule has 782 valence electrons. The molecular formula is C120H132N4O25. The summed E-state index contributed by atoms with van der Waals surface area (Å²) in [7, 11) is 1.54. The van der Waals surface area contributed by atoms with Crippen LogP contribution in [0.1, 0.15) is 204 Å². The molecule has 0 unspecified atom stereocenters. The number of esters is 4.